The summed E-state index contributed by atoms with van der Waals surface area (Å²) in [5.74, 6) is -0.253. The molecule has 4 aromatic rings. The Morgan fingerprint density at radius 2 is 1.56 bits per heavy atom. The molecule has 0 aliphatic rings. The summed E-state index contributed by atoms with van der Waals surface area (Å²) in [6.07, 6.45) is 1.64. The average molecular weight is 461 g/mol. The first-order valence-corrected chi connectivity index (χ1v) is 10.9. The van der Waals surface area contributed by atoms with Crippen LogP contribution in [0.5, 0.6) is 0 Å². The molecule has 1 aromatic heterocycles. The first-order chi connectivity index (χ1) is 15.5. The van der Waals surface area contributed by atoms with Gasteiger partial charge in [-0.1, -0.05) is 48.0 Å². The van der Waals surface area contributed by atoms with Gasteiger partial charge in [-0.15, -0.1) is 0 Å². The van der Waals surface area contributed by atoms with E-state index in [1.165, 1.54) is 0 Å². The fraction of sp³-hybridized carbons (Fsp3) is 0.0800. The van der Waals surface area contributed by atoms with Gasteiger partial charge in [0.05, 0.1) is 6.04 Å². The highest BCUT2D eigenvalue weighted by Crippen LogP contribution is 2.20. The summed E-state index contributed by atoms with van der Waals surface area (Å²) >= 11 is 11.4. The molecule has 5 nitrogen and oxygen atoms in total. The van der Waals surface area contributed by atoms with Crippen molar-refractivity contribution in [3.05, 3.63) is 101 Å². The highest BCUT2D eigenvalue weighted by molar-refractivity contribution is 7.80. The number of anilines is 2. The number of carbonyl (C=O) groups is 1. The molecule has 1 atom stereocenters. The predicted octanol–water partition coefficient (Wildman–Crippen LogP) is 6.19. The third-order valence-corrected chi connectivity index (χ3v) is 5.48. The maximum atomic E-state index is 12.7. The van der Waals surface area contributed by atoms with Crippen molar-refractivity contribution in [2.45, 2.75) is 13.0 Å². The van der Waals surface area contributed by atoms with E-state index in [4.69, 9.17) is 23.8 Å². The minimum Gasteiger partial charge on any atom is -0.356 e. The van der Waals surface area contributed by atoms with E-state index in [-0.39, 0.29) is 11.9 Å². The zero-order valence-corrected chi connectivity index (χ0v) is 18.9. The number of fused-ring (bicyclic) bond motifs is 1. The van der Waals surface area contributed by atoms with E-state index < -0.39 is 0 Å². The first kappa shape index (κ1) is 21.7. The second-order valence-corrected chi connectivity index (χ2v) is 8.13. The molecule has 7 heteroatoms. The van der Waals surface area contributed by atoms with Crippen LogP contribution in [0, 0.1) is 0 Å². The summed E-state index contributed by atoms with van der Waals surface area (Å²) < 4.78 is 0. The van der Waals surface area contributed by atoms with Crippen LogP contribution in [0.1, 0.15) is 29.0 Å². The Bertz CT molecular complexity index is 1250. The number of amides is 1. The van der Waals surface area contributed by atoms with Gasteiger partial charge in [0.15, 0.2) is 5.11 Å². The lowest BCUT2D eigenvalue weighted by Gasteiger charge is -2.17. The Balaban J connectivity index is 1.37. The molecule has 0 aliphatic carbocycles. The van der Waals surface area contributed by atoms with E-state index in [0.29, 0.717) is 21.5 Å². The molecule has 0 fully saturated rings. The third-order valence-electron chi connectivity index (χ3n) is 5.01. The zero-order chi connectivity index (χ0) is 22.5. The van der Waals surface area contributed by atoms with Gasteiger partial charge in [0.1, 0.15) is 5.69 Å². The molecule has 0 aliphatic heterocycles. The van der Waals surface area contributed by atoms with Crippen molar-refractivity contribution in [1.29, 1.82) is 0 Å². The predicted molar refractivity (Wildman–Crippen MR) is 135 cm³/mol. The molecule has 3 aromatic carbocycles. The number of carbonyl (C=O) groups excluding carboxylic acids is 1. The van der Waals surface area contributed by atoms with Gasteiger partial charge in [0.2, 0.25) is 0 Å². The van der Waals surface area contributed by atoms with Crippen LogP contribution in [0.15, 0.2) is 85.1 Å². The van der Waals surface area contributed by atoms with E-state index in [2.05, 4.69) is 20.9 Å². The first-order valence-electron chi connectivity index (χ1n) is 10.1. The summed E-state index contributed by atoms with van der Waals surface area (Å²) in [5.41, 5.74) is 2.96. The Morgan fingerprint density at radius 1 is 0.906 bits per heavy atom. The second kappa shape index (κ2) is 9.77. The van der Waals surface area contributed by atoms with E-state index in [1.807, 2.05) is 85.8 Å². The minimum absolute atomic E-state index is 0.0269. The molecule has 4 rings (SSSR count). The fourth-order valence-corrected chi connectivity index (χ4v) is 3.75. The molecule has 1 heterocycles. The minimum atomic E-state index is -0.253. The topological polar surface area (TPSA) is 66.0 Å². The Kier molecular flexibility index (Phi) is 6.63. The summed E-state index contributed by atoms with van der Waals surface area (Å²) in [7, 11) is 0. The number of aromatic nitrogens is 1. The van der Waals surface area contributed by atoms with Crippen LogP contribution < -0.4 is 16.0 Å². The number of thiocarbonyl (C=S) groups is 1. The standard InChI is InChI=1S/C25H21ClN4OS/c1-16(17-6-8-19(26)9-7-17)28-25(32)30-21-12-10-20(11-13-21)29-24(31)23-22-5-3-2-4-18(22)14-15-27-23/h2-16H,1H3,(H,29,31)(H2,28,30,32). The molecular formula is C25H21ClN4OS. The van der Waals surface area contributed by atoms with Gasteiger partial charge in [-0.3, -0.25) is 9.78 Å². The zero-order valence-electron chi connectivity index (χ0n) is 17.3. The quantitative estimate of drug-likeness (QED) is 0.310. The number of nitrogens with one attached hydrogen (secondary N) is 3. The summed E-state index contributed by atoms with van der Waals surface area (Å²) in [6, 6.07) is 24.6. The van der Waals surface area contributed by atoms with Crippen LogP contribution in [0.25, 0.3) is 10.8 Å². The Morgan fingerprint density at radius 3 is 2.28 bits per heavy atom. The molecule has 1 amide bonds. The normalized spacial score (nSPS) is 11.6. The molecule has 32 heavy (non-hydrogen) atoms. The monoisotopic (exact) mass is 460 g/mol. The number of benzene rings is 3. The van der Waals surface area contributed by atoms with Gasteiger partial charge in [-0.2, -0.15) is 0 Å². The number of rotatable bonds is 5. The maximum Gasteiger partial charge on any atom is 0.274 e. The molecule has 160 valence electrons. The molecule has 3 N–H and O–H groups in total. The van der Waals surface area contributed by atoms with Crippen LogP contribution in [0.2, 0.25) is 5.02 Å². The van der Waals surface area contributed by atoms with Crippen LogP contribution in [-0.2, 0) is 0 Å². The van der Waals surface area contributed by atoms with Crippen molar-refractivity contribution in [1.82, 2.24) is 10.3 Å². The molecule has 0 spiro atoms. The van der Waals surface area contributed by atoms with E-state index in [0.717, 1.165) is 22.0 Å². The fourth-order valence-electron chi connectivity index (χ4n) is 3.33. The molecule has 0 radical (unpaired) electrons. The molecule has 0 bridgehead atoms. The number of hydrogen-bond acceptors (Lipinski definition) is 3. The van der Waals surface area contributed by atoms with Crippen molar-refractivity contribution in [3.8, 4) is 0 Å². The Labute approximate surface area is 196 Å². The number of hydrogen-bond donors (Lipinski definition) is 3. The van der Waals surface area contributed by atoms with E-state index >= 15 is 0 Å². The lowest BCUT2D eigenvalue weighted by Crippen LogP contribution is -2.30. The molecule has 0 saturated heterocycles. The summed E-state index contributed by atoms with van der Waals surface area (Å²) in [6.45, 7) is 2.02. The van der Waals surface area contributed by atoms with Crippen LogP contribution in [-0.4, -0.2) is 16.0 Å². The Hall–Kier alpha value is -3.48. The van der Waals surface area contributed by atoms with Crippen molar-refractivity contribution in [3.63, 3.8) is 0 Å². The largest absolute Gasteiger partial charge is 0.356 e. The van der Waals surface area contributed by atoms with Crippen LogP contribution in [0.4, 0.5) is 11.4 Å². The highest BCUT2D eigenvalue weighted by atomic mass is 35.5. The smallest absolute Gasteiger partial charge is 0.274 e. The molecule has 0 saturated carbocycles. The van der Waals surface area contributed by atoms with E-state index in [9.17, 15) is 4.79 Å². The second-order valence-electron chi connectivity index (χ2n) is 7.28. The summed E-state index contributed by atoms with van der Waals surface area (Å²) in [5, 5.41) is 12.3. The van der Waals surface area contributed by atoms with Gasteiger partial charge >= 0.3 is 0 Å². The van der Waals surface area contributed by atoms with Crippen molar-refractivity contribution < 1.29 is 4.79 Å². The van der Waals surface area contributed by atoms with Crippen LogP contribution in [0.3, 0.4) is 0 Å². The summed E-state index contributed by atoms with van der Waals surface area (Å²) in [4.78, 5) is 17.0. The number of halogens is 1. The SMILES string of the molecule is CC(NC(=S)Nc1ccc(NC(=O)c2nccc3ccccc23)cc1)c1ccc(Cl)cc1. The van der Waals surface area contributed by atoms with Gasteiger partial charge in [0, 0.05) is 28.0 Å². The van der Waals surface area contributed by atoms with Crippen molar-refractivity contribution >= 4 is 57.0 Å². The maximum absolute atomic E-state index is 12.7. The van der Waals surface area contributed by atoms with E-state index in [1.54, 1.807) is 6.20 Å². The molecule has 1 unspecified atom stereocenters. The van der Waals surface area contributed by atoms with Gasteiger partial charge in [0.25, 0.3) is 5.91 Å². The van der Waals surface area contributed by atoms with Gasteiger partial charge < -0.3 is 16.0 Å². The lowest BCUT2D eigenvalue weighted by molar-refractivity contribution is 0.102. The number of nitrogens with zero attached hydrogens (tertiary/aromatic N) is 1. The van der Waals surface area contributed by atoms with Crippen LogP contribution >= 0.6 is 23.8 Å². The van der Waals surface area contributed by atoms with Gasteiger partial charge in [-0.05, 0) is 72.6 Å². The van der Waals surface area contributed by atoms with Gasteiger partial charge in [-0.25, -0.2) is 0 Å². The highest BCUT2D eigenvalue weighted by Gasteiger charge is 2.12. The van der Waals surface area contributed by atoms with Crippen molar-refractivity contribution in [2.75, 3.05) is 10.6 Å². The van der Waals surface area contributed by atoms with Crippen molar-refractivity contribution in [2.24, 2.45) is 0 Å². The average Bonchev–Trinajstić information content (AvgIpc) is 2.80. The number of pyridine rings is 1. The third kappa shape index (κ3) is 5.22. The lowest BCUT2D eigenvalue weighted by atomic mass is 10.1. The molecular weight excluding hydrogens is 440 g/mol.